The lowest BCUT2D eigenvalue weighted by molar-refractivity contribution is 0.182. The van der Waals surface area contributed by atoms with E-state index in [1.165, 1.54) is 19.3 Å². The molecule has 1 saturated heterocycles. The van der Waals surface area contributed by atoms with Crippen molar-refractivity contribution in [3.8, 4) is 39.6 Å². The highest BCUT2D eigenvalue weighted by Crippen LogP contribution is 2.41. The molecule has 4 rings (SSSR count). The number of hydrogen-bond donors (Lipinski definition) is 2. The first-order valence-corrected chi connectivity index (χ1v) is 11.0. The molecule has 0 radical (unpaired) electrons. The van der Waals surface area contributed by atoms with Gasteiger partial charge in [-0.25, -0.2) is 0 Å². The zero-order chi connectivity index (χ0) is 21.8. The molecule has 6 nitrogen and oxygen atoms in total. The van der Waals surface area contributed by atoms with Gasteiger partial charge in [0.1, 0.15) is 29.5 Å². The fourth-order valence-electron chi connectivity index (χ4n) is 4.23. The molecular formula is C25H31N3O3. The highest BCUT2D eigenvalue weighted by molar-refractivity contribution is 5.86. The van der Waals surface area contributed by atoms with E-state index in [2.05, 4.69) is 15.1 Å². The summed E-state index contributed by atoms with van der Waals surface area (Å²) in [6.45, 7) is 7.72. The van der Waals surface area contributed by atoms with Gasteiger partial charge in [0.15, 0.2) is 0 Å². The van der Waals surface area contributed by atoms with Gasteiger partial charge in [-0.05, 0) is 69.6 Å². The first-order valence-electron chi connectivity index (χ1n) is 11.0. The number of methoxy groups -OCH3 is 1. The third-order valence-corrected chi connectivity index (χ3v) is 6.08. The van der Waals surface area contributed by atoms with Crippen LogP contribution in [0.2, 0.25) is 0 Å². The van der Waals surface area contributed by atoms with Gasteiger partial charge in [-0.15, -0.1) is 0 Å². The molecular weight excluding hydrogens is 390 g/mol. The molecule has 1 fully saturated rings. The molecule has 0 amide bonds. The molecule has 0 bridgehead atoms. The second-order valence-electron chi connectivity index (χ2n) is 8.14. The molecule has 2 aromatic carbocycles. The van der Waals surface area contributed by atoms with E-state index in [-0.39, 0.29) is 5.75 Å². The minimum atomic E-state index is 0.205. The number of benzene rings is 2. The number of H-pyrrole nitrogens is 1. The normalized spacial score (nSPS) is 14.5. The number of aromatic hydroxyl groups is 1. The maximum atomic E-state index is 11.0. The number of likely N-dealkylation sites (tertiary alicyclic amines) is 1. The lowest BCUT2D eigenvalue weighted by Gasteiger charge is -2.26. The Kier molecular flexibility index (Phi) is 6.47. The number of rotatable bonds is 7. The third-order valence-electron chi connectivity index (χ3n) is 6.08. The molecule has 1 aliphatic rings. The quantitative estimate of drug-likeness (QED) is 0.565. The van der Waals surface area contributed by atoms with Crippen LogP contribution >= 0.6 is 0 Å². The largest absolute Gasteiger partial charge is 0.507 e. The molecule has 3 aromatic rings. The average Bonchev–Trinajstić information content (AvgIpc) is 3.18. The molecule has 1 aliphatic heterocycles. The van der Waals surface area contributed by atoms with E-state index >= 15 is 0 Å². The topological polar surface area (TPSA) is 70.6 Å². The number of hydrogen-bond acceptors (Lipinski definition) is 5. The van der Waals surface area contributed by atoms with Gasteiger partial charge in [0.05, 0.1) is 7.11 Å². The van der Waals surface area contributed by atoms with Crippen LogP contribution in [-0.4, -0.2) is 53.6 Å². The zero-order valence-electron chi connectivity index (χ0n) is 18.6. The summed E-state index contributed by atoms with van der Waals surface area (Å²) >= 11 is 0. The van der Waals surface area contributed by atoms with Crippen molar-refractivity contribution in [2.45, 2.75) is 33.1 Å². The van der Waals surface area contributed by atoms with Crippen LogP contribution in [0.5, 0.6) is 17.2 Å². The number of nitrogens with one attached hydrogen (secondary N) is 1. The van der Waals surface area contributed by atoms with Gasteiger partial charge in [-0.2, -0.15) is 5.10 Å². The van der Waals surface area contributed by atoms with Crippen molar-refractivity contribution in [1.82, 2.24) is 15.1 Å². The van der Waals surface area contributed by atoms with Gasteiger partial charge in [0, 0.05) is 28.9 Å². The predicted octanol–water partition coefficient (Wildman–Crippen LogP) is 4.94. The van der Waals surface area contributed by atoms with Crippen LogP contribution in [-0.2, 0) is 0 Å². The Balaban J connectivity index is 1.55. The molecule has 0 unspecified atom stereocenters. The molecule has 0 aliphatic carbocycles. The molecule has 164 valence electrons. The van der Waals surface area contributed by atoms with Crippen LogP contribution < -0.4 is 9.47 Å². The summed E-state index contributed by atoms with van der Waals surface area (Å²) in [6.07, 6.45) is 3.87. The van der Waals surface area contributed by atoms with E-state index in [9.17, 15) is 5.11 Å². The highest BCUT2D eigenvalue weighted by atomic mass is 16.5. The lowest BCUT2D eigenvalue weighted by atomic mass is 9.97. The molecule has 0 saturated carbocycles. The second-order valence-corrected chi connectivity index (χ2v) is 8.14. The van der Waals surface area contributed by atoms with E-state index < -0.39 is 0 Å². The van der Waals surface area contributed by atoms with Crippen LogP contribution in [0.25, 0.3) is 22.4 Å². The maximum absolute atomic E-state index is 11.0. The average molecular weight is 422 g/mol. The minimum absolute atomic E-state index is 0.205. The smallest absolute Gasteiger partial charge is 0.131 e. The lowest BCUT2D eigenvalue weighted by Crippen LogP contribution is -2.33. The predicted molar refractivity (Wildman–Crippen MR) is 123 cm³/mol. The molecule has 6 heteroatoms. The van der Waals surface area contributed by atoms with Gasteiger partial charge < -0.3 is 14.6 Å². The minimum Gasteiger partial charge on any atom is -0.507 e. The number of piperidine rings is 1. The summed E-state index contributed by atoms with van der Waals surface area (Å²) in [4.78, 5) is 2.45. The Morgan fingerprint density at radius 1 is 1.03 bits per heavy atom. The summed E-state index contributed by atoms with van der Waals surface area (Å²) < 4.78 is 11.3. The maximum Gasteiger partial charge on any atom is 0.131 e. The van der Waals surface area contributed by atoms with E-state index in [4.69, 9.17) is 9.47 Å². The Hall–Kier alpha value is -2.99. The summed E-state index contributed by atoms with van der Waals surface area (Å²) in [6, 6.07) is 11.7. The number of aromatic amines is 1. The van der Waals surface area contributed by atoms with Gasteiger partial charge in [0.25, 0.3) is 0 Å². The van der Waals surface area contributed by atoms with Crippen LogP contribution in [0.1, 0.15) is 30.5 Å². The second kappa shape index (κ2) is 9.43. The first kappa shape index (κ1) is 21.2. The van der Waals surface area contributed by atoms with Crippen molar-refractivity contribution < 1.29 is 14.6 Å². The SMILES string of the molecule is COc1ccc(-c2c(-c3ccc(OCCN4CCCCC4)c(C)c3O)n[nH]c2C)cc1. The van der Waals surface area contributed by atoms with Crippen LogP contribution in [0.3, 0.4) is 0 Å². The molecule has 0 spiro atoms. The number of aryl methyl sites for hydroxylation is 1. The Bertz CT molecular complexity index is 1020. The Labute approximate surface area is 183 Å². The van der Waals surface area contributed by atoms with Gasteiger partial charge in [-0.1, -0.05) is 18.6 Å². The molecule has 31 heavy (non-hydrogen) atoms. The van der Waals surface area contributed by atoms with E-state index in [1.807, 2.05) is 50.2 Å². The van der Waals surface area contributed by atoms with E-state index in [0.29, 0.717) is 12.2 Å². The first-order chi connectivity index (χ1) is 15.1. The standard InChI is InChI=1S/C25H31N3O3/c1-17-22(31-16-15-28-13-5-4-6-14-28)12-11-21(25(17)29)24-23(18(2)26-27-24)19-7-9-20(30-3)10-8-19/h7-12,29H,4-6,13-16H2,1-3H3,(H,26,27). The van der Waals surface area contributed by atoms with Crippen LogP contribution in [0.15, 0.2) is 36.4 Å². The number of phenols is 1. The summed E-state index contributed by atoms with van der Waals surface area (Å²) in [5.74, 6) is 1.73. The zero-order valence-corrected chi connectivity index (χ0v) is 18.6. The van der Waals surface area contributed by atoms with Gasteiger partial charge in [-0.3, -0.25) is 10.00 Å². The van der Waals surface area contributed by atoms with E-state index in [0.717, 1.165) is 59.2 Å². The fourth-order valence-corrected chi connectivity index (χ4v) is 4.23. The molecule has 0 atom stereocenters. The summed E-state index contributed by atoms with van der Waals surface area (Å²) in [5.41, 5.74) is 5.08. The van der Waals surface area contributed by atoms with Crippen molar-refractivity contribution in [2.24, 2.45) is 0 Å². The number of ether oxygens (including phenoxy) is 2. The number of aromatic nitrogens is 2. The van der Waals surface area contributed by atoms with Crippen LogP contribution in [0.4, 0.5) is 0 Å². The van der Waals surface area contributed by atoms with Crippen molar-refractivity contribution in [3.63, 3.8) is 0 Å². The number of nitrogens with zero attached hydrogens (tertiary/aromatic N) is 2. The molecule has 2 heterocycles. The van der Waals surface area contributed by atoms with Gasteiger partial charge >= 0.3 is 0 Å². The van der Waals surface area contributed by atoms with Crippen molar-refractivity contribution in [3.05, 3.63) is 47.7 Å². The Morgan fingerprint density at radius 3 is 2.48 bits per heavy atom. The molecule has 2 N–H and O–H groups in total. The van der Waals surface area contributed by atoms with E-state index in [1.54, 1.807) is 7.11 Å². The van der Waals surface area contributed by atoms with Crippen molar-refractivity contribution in [1.29, 1.82) is 0 Å². The monoisotopic (exact) mass is 421 g/mol. The Morgan fingerprint density at radius 2 is 1.77 bits per heavy atom. The van der Waals surface area contributed by atoms with Crippen LogP contribution in [0, 0.1) is 13.8 Å². The summed E-state index contributed by atoms with van der Waals surface area (Å²) in [5, 5.41) is 18.5. The molecule has 1 aromatic heterocycles. The summed E-state index contributed by atoms with van der Waals surface area (Å²) in [7, 11) is 1.65. The fraction of sp³-hybridized carbons (Fsp3) is 0.400. The van der Waals surface area contributed by atoms with Gasteiger partial charge in [0.2, 0.25) is 0 Å². The third kappa shape index (κ3) is 4.54. The van der Waals surface area contributed by atoms with Crippen molar-refractivity contribution in [2.75, 3.05) is 33.4 Å². The van der Waals surface area contributed by atoms with Crippen molar-refractivity contribution >= 4 is 0 Å². The highest BCUT2D eigenvalue weighted by Gasteiger charge is 2.20. The number of phenolic OH excluding ortho intramolecular Hbond substituents is 1.